The number of hydrogen-bond acceptors (Lipinski definition) is 1. The molecule has 0 atom stereocenters. The molecule has 0 aromatic heterocycles. The summed E-state index contributed by atoms with van der Waals surface area (Å²) in [4.78, 5) is 2.55. The molecular weight excluding hydrogens is 261 g/mol. The molecule has 82 valence electrons. The Balaban J connectivity index is 2.44. The van der Waals surface area contributed by atoms with Gasteiger partial charge in [0.05, 0.1) is 0 Å². The van der Waals surface area contributed by atoms with E-state index in [-0.39, 0.29) is 0 Å². The van der Waals surface area contributed by atoms with Crippen LogP contribution in [0.3, 0.4) is 0 Å². The lowest BCUT2D eigenvalue weighted by atomic mass is 10.2. The van der Waals surface area contributed by atoms with Crippen LogP contribution in [0.2, 0.25) is 0 Å². The zero-order valence-corrected chi connectivity index (χ0v) is 11.1. The van der Waals surface area contributed by atoms with Crippen LogP contribution in [0.5, 0.6) is 0 Å². The second kappa shape index (κ2) is 6.86. The average molecular weight is 281 g/mol. The van der Waals surface area contributed by atoms with Gasteiger partial charge in [0.2, 0.25) is 0 Å². The second-order valence-corrected chi connectivity index (χ2v) is 5.06. The minimum atomic E-state index is 0.791. The van der Waals surface area contributed by atoms with Crippen molar-refractivity contribution in [1.29, 1.82) is 0 Å². The summed E-state index contributed by atoms with van der Waals surface area (Å²) < 4.78 is 0. The molecule has 0 bridgehead atoms. The van der Waals surface area contributed by atoms with E-state index >= 15 is 0 Å². The van der Waals surface area contributed by atoms with Gasteiger partial charge in [-0.25, -0.2) is 0 Å². The molecule has 0 aromatic rings. The van der Waals surface area contributed by atoms with Gasteiger partial charge in [-0.15, -0.1) is 0 Å². The van der Waals surface area contributed by atoms with Gasteiger partial charge in [-0.2, -0.15) is 0 Å². The van der Waals surface area contributed by atoms with Crippen LogP contribution < -0.4 is 0 Å². The van der Waals surface area contributed by atoms with E-state index in [4.69, 9.17) is 11.6 Å². The van der Waals surface area contributed by atoms with Crippen LogP contribution in [0.25, 0.3) is 0 Å². The van der Waals surface area contributed by atoms with Crippen molar-refractivity contribution >= 4 is 27.5 Å². The molecule has 0 radical (unpaired) electrons. The molecule has 0 aromatic carbocycles. The van der Waals surface area contributed by atoms with Gasteiger partial charge in [0.15, 0.2) is 0 Å². The minimum absolute atomic E-state index is 0.791. The summed E-state index contributed by atoms with van der Waals surface area (Å²) in [5.41, 5.74) is 2.97. The predicted molar refractivity (Wildman–Crippen MR) is 67.2 cm³/mol. The van der Waals surface area contributed by atoms with Gasteiger partial charge >= 0.3 is 0 Å². The Kier molecular flexibility index (Phi) is 6.15. The fourth-order valence-electron chi connectivity index (χ4n) is 2.12. The van der Waals surface area contributed by atoms with E-state index in [2.05, 4.69) is 27.8 Å². The number of halogens is 2. The van der Waals surface area contributed by atoms with Crippen molar-refractivity contribution in [2.75, 3.05) is 18.4 Å². The van der Waals surface area contributed by atoms with Crippen LogP contribution in [0.15, 0.2) is 11.1 Å². The van der Waals surface area contributed by atoms with E-state index in [1.807, 2.05) is 0 Å². The largest absolute Gasteiger partial charge is 0.296 e. The zero-order valence-electron chi connectivity index (χ0n) is 8.81. The average Bonchev–Trinajstić information content (AvgIpc) is 2.69. The first-order valence-corrected chi connectivity index (χ1v) is 6.89. The van der Waals surface area contributed by atoms with Crippen LogP contribution in [-0.4, -0.2) is 29.4 Å². The maximum Gasteiger partial charge on any atom is 0.0205 e. The highest BCUT2D eigenvalue weighted by molar-refractivity contribution is 9.09. The Bertz CT molecular complexity index is 188. The normalized spacial score (nSPS) is 19.6. The van der Waals surface area contributed by atoms with Gasteiger partial charge in [-0.05, 0) is 25.3 Å². The van der Waals surface area contributed by atoms with Crippen molar-refractivity contribution in [3.8, 4) is 0 Å². The summed E-state index contributed by atoms with van der Waals surface area (Å²) >= 11 is 9.22. The lowest BCUT2D eigenvalue weighted by Crippen LogP contribution is -2.36. The molecule has 0 heterocycles. The fourth-order valence-corrected chi connectivity index (χ4v) is 2.65. The summed E-state index contributed by atoms with van der Waals surface area (Å²) in [5, 5.41) is 1.05. The zero-order chi connectivity index (χ0) is 10.4. The highest BCUT2D eigenvalue weighted by Crippen LogP contribution is 2.24. The SMILES string of the molecule is CC(=CCl)CN(CCBr)C1CCCC1. The highest BCUT2D eigenvalue weighted by atomic mass is 79.9. The molecule has 1 aliphatic carbocycles. The Labute approximate surface area is 101 Å². The van der Waals surface area contributed by atoms with E-state index < -0.39 is 0 Å². The third kappa shape index (κ3) is 3.92. The summed E-state index contributed by atoms with van der Waals surface area (Å²) in [6.07, 6.45) is 5.52. The van der Waals surface area contributed by atoms with E-state index in [1.165, 1.54) is 31.3 Å². The summed E-state index contributed by atoms with van der Waals surface area (Å²) in [5.74, 6) is 0. The van der Waals surface area contributed by atoms with Gasteiger partial charge in [-0.1, -0.05) is 40.4 Å². The molecule has 1 rings (SSSR count). The minimum Gasteiger partial charge on any atom is -0.296 e. The molecule has 0 spiro atoms. The summed E-state index contributed by atoms with van der Waals surface area (Å²) in [7, 11) is 0. The molecule has 3 heteroatoms. The van der Waals surface area contributed by atoms with Gasteiger partial charge < -0.3 is 0 Å². The van der Waals surface area contributed by atoms with Crippen LogP contribution in [-0.2, 0) is 0 Å². The van der Waals surface area contributed by atoms with Crippen LogP contribution in [0, 0.1) is 0 Å². The van der Waals surface area contributed by atoms with E-state index in [0.717, 1.165) is 24.5 Å². The number of alkyl halides is 1. The topological polar surface area (TPSA) is 3.24 Å². The van der Waals surface area contributed by atoms with Gasteiger partial charge in [0.1, 0.15) is 0 Å². The maximum atomic E-state index is 5.70. The van der Waals surface area contributed by atoms with Crippen molar-refractivity contribution in [1.82, 2.24) is 4.90 Å². The lowest BCUT2D eigenvalue weighted by molar-refractivity contribution is 0.229. The molecule has 0 N–H and O–H groups in total. The second-order valence-electron chi connectivity index (χ2n) is 4.05. The fraction of sp³-hybridized carbons (Fsp3) is 0.818. The molecule has 0 saturated heterocycles. The quantitative estimate of drug-likeness (QED) is 0.693. The van der Waals surface area contributed by atoms with E-state index in [9.17, 15) is 0 Å². The monoisotopic (exact) mass is 279 g/mol. The maximum absolute atomic E-state index is 5.70. The first-order chi connectivity index (χ1) is 6.77. The third-order valence-corrected chi connectivity index (χ3v) is 3.58. The van der Waals surface area contributed by atoms with Crippen molar-refractivity contribution in [3.05, 3.63) is 11.1 Å². The van der Waals surface area contributed by atoms with Gasteiger partial charge in [-0.3, -0.25) is 4.90 Å². The van der Waals surface area contributed by atoms with Crippen molar-refractivity contribution in [2.45, 2.75) is 38.6 Å². The Morgan fingerprint density at radius 3 is 2.64 bits per heavy atom. The third-order valence-electron chi connectivity index (χ3n) is 2.85. The molecule has 1 fully saturated rings. The van der Waals surface area contributed by atoms with Crippen molar-refractivity contribution < 1.29 is 0 Å². The molecule has 14 heavy (non-hydrogen) atoms. The van der Waals surface area contributed by atoms with Crippen molar-refractivity contribution in [3.63, 3.8) is 0 Å². The Morgan fingerprint density at radius 2 is 2.14 bits per heavy atom. The van der Waals surface area contributed by atoms with E-state index in [1.54, 1.807) is 5.54 Å². The molecule has 0 unspecified atom stereocenters. The molecule has 0 aliphatic heterocycles. The molecule has 1 aliphatic rings. The van der Waals surface area contributed by atoms with Crippen LogP contribution >= 0.6 is 27.5 Å². The number of nitrogens with zero attached hydrogens (tertiary/aromatic N) is 1. The van der Waals surface area contributed by atoms with Gasteiger partial charge in [0, 0.05) is 30.0 Å². The van der Waals surface area contributed by atoms with Gasteiger partial charge in [0.25, 0.3) is 0 Å². The number of hydrogen-bond donors (Lipinski definition) is 0. The van der Waals surface area contributed by atoms with Crippen LogP contribution in [0.4, 0.5) is 0 Å². The highest BCUT2D eigenvalue weighted by Gasteiger charge is 2.21. The van der Waals surface area contributed by atoms with E-state index in [0.29, 0.717) is 0 Å². The smallest absolute Gasteiger partial charge is 0.0205 e. The first-order valence-electron chi connectivity index (χ1n) is 5.33. The first kappa shape index (κ1) is 12.5. The Hall–Kier alpha value is 0.470. The molecule has 0 amide bonds. The van der Waals surface area contributed by atoms with Crippen molar-refractivity contribution in [2.24, 2.45) is 0 Å². The Morgan fingerprint density at radius 1 is 1.50 bits per heavy atom. The standard InChI is InChI=1S/C11H19BrClN/c1-10(8-13)9-14(7-6-12)11-4-2-3-5-11/h8,11H,2-7,9H2,1H3. The number of rotatable bonds is 5. The molecular formula is C11H19BrClN. The molecule has 1 nitrogen and oxygen atoms in total. The predicted octanol–water partition coefficient (Wildman–Crippen LogP) is 3.77. The summed E-state index contributed by atoms with van der Waals surface area (Å²) in [6, 6.07) is 0.791. The summed E-state index contributed by atoms with van der Waals surface area (Å²) in [6.45, 7) is 4.26. The van der Waals surface area contributed by atoms with Crippen LogP contribution in [0.1, 0.15) is 32.6 Å². The lowest BCUT2D eigenvalue weighted by Gasteiger charge is -2.28. The molecule has 1 saturated carbocycles.